The lowest BCUT2D eigenvalue weighted by Crippen LogP contribution is -2.44. The second kappa shape index (κ2) is 11.1. The molecule has 3 rings (SSSR count). The van der Waals surface area contributed by atoms with E-state index >= 15 is 0 Å². The number of methoxy groups -OCH3 is 2. The van der Waals surface area contributed by atoms with E-state index in [-0.39, 0.29) is 0 Å². The van der Waals surface area contributed by atoms with Crippen LogP contribution >= 0.6 is 12.2 Å². The van der Waals surface area contributed by atoms with Crippen molar-refractivity contribution in [1.82, 2.24) is 10.2 Å². The first-order chi connectivity index (χ1) is 14.2. The van der Waals surface area contributed by atoms with Crippen molar-refractivity contribution in [2.24, 2.45) is 0 Å². The van der Waals surface area contributed by atoms with E-state index in [0.29, 0.717) is 19.1 Å². The van der Waals surface area contributed by atoms with Crippen molar-refractivity contribution >= 4 is 17.3 Å². The molecular formula is C23H32N2O3S. The predicted octanol–water partition coefficient (Wildman–Crippen LogP) is 5.29. The molecule has 0 bridgehead atoms. The minimum atomic E-state index is 0.439. The number of para-hydroxylation sites is 1. The molecule has 6 heteroatoms. The number of rotatable bonds is 7. The molecule has 0 unspecified atom stereocenters. The van der Waals surface area contributed by atoms with Crippen LogP contribution in [0.25, 0.3) is 0 Å². The highest BCUT2D eigenvalue weighted by Crippen LogP contribution is 2.32. The molecule has 1 fully saturated rings. The summed E-state index contributed by atoms with van der Waals surface area (Å²) in [4.78, 5) is 2.14. The molecule has 0 spiro atoms. The summed E-state index contributed by atoms with van der Waals surface area (Å²) >= 11 is 5.85. The highest BCUT2D eigenvalue weighted by atomic mass is 32.1. The summed E-state index contributed by atoms with van der Waals surface area (Å²) in [6.07, 6.45) is 10.6. The molecule has 0 aliphatic heterocycles. The molecule has 158 valence electrons. The first kappa shape index (κ1) is 21.5. The highest BCUT2D eigenvalue weighted by Gasteiger charge is 2.20. The molecule has 1 aromatic carbocycles. The number of benzene rings is 1. The molecule has 1 heterocycles. The van der Waals surface area contributed by atoms with E-state index in [2.05, 4.69) is 16.3 Å². The van der Waals surface area contributed by atoms with Gasteiger partial charge in [-0.1, -0.05) is 44.2 Å². The van der Waals surface area contributed by atoms with Crippen LogP contribution in [-0.4, -0.2) is 30.3 Å². The third-order valence-electron chi connectivity index (χ3n) is 5.49. The molecule has 0 radical (unpaired) electrons. The van der Waals surface area contributed by atoms with Gasteiger partial charge in [0.1, 0.15) is 5.76 Å². The number of thiocarbonyl (C=S) groups is 1. The summed E-state index contributed by atoms with van der Waals surface area (Å²) in [5, 5.41) is 4.39. The van der Waals surface area contributed by atoms with E-state index in [9.17, 15) is 0 Å². The monoisotopic (exact) mass is 416 g/mol. The van der Waals surface area contributed by atoms with Gasteiger partial charge in [-0.15, -0.1) is 0 Å². The normalized spacial score (nSPS) is 15.2. The smallest absolute Gasteiger partial charge is 0.169 e. The zero-order chi connectivity index (χ0) is 20.5. The first-order valence-electron chi connectivity index (χ1n) is 10.5. The first-order valence-corrected chi connectivity index (χ1v) is 10.9. The van der Waals surface area contributed by atoms with Gasteiger partial charge in [0.2, 0.25) is 0 Å². The van der Waals surface area contributed by atoms with Gasteiger partial charge >= 0.3 is 0 Å². The van der Waals surface area contributed by atoms with Crippen LogP contribution in [0.15, 0.2) is 41.0 Å². The van der Waals surface area contributed by atoms with Crippen LogP contribution in [0.3, 0.4) is 0 Å². The Bertz CT molecular complexity index is 755. The van der Waals surface area contributed by atoms with Gasteiger partial charge in [0.15, 0.2) is 16.6 Å². The van der Waals surface area contributed by atoms with Crippen LogP contribution in [0.2, 0.25) is 0 Å². The predicted molar refractivity (Wildman–Crippen MR) is 119 cm³/mol. The van der Waals surface area contributed by atoms with Crippen molar-refractivity contribution in [1.29, 1.82) is 0 Å². The largest absolute Gasteiger partial charge is 0.493 e. The van der Waals surface area contributed by atoms with Gasteiger partial charge in [0.25, 0.3) is 0 Å². The Labute approximate surface area is 179 Å². The molecule has 1 N–H and O–H groups in total. The van der Waals surface area contributed by atoms with Gasteiger partial charge in [-0.3, -0.25) is 0 Å². The lowest BCUT2D eigenvalue weighted by atomic mass is 9.97. The Balaban J connectivity index is 1.76. The minimum Gasteiger partial charge on any atom is -0.493 e. The Morgan fingerprint density at radius 1 is 1.03 bits per heavy atom. The lowest BCUT2D eigenvalue weighted by Gasteiger charge is -2.30. The second-order valence-electron chi connectivity index (χ2n) is 7.58. The third-order valence-corrected chi connectivity index (χ3v) is 5.87. The maximum absolute atomic E-state index is 5.85. The van der Waals surface area contributed by atoms with Gasteiger partial charge in [-0.25, -0.2) is 0 Å². The maximum atomic E-state index is 5.85. The van der Waals surface area contributed by atoms with Gasteiger partial charge in [-0.05, 0) is 43.3 Å². The summed E-state index contributed by atoms with van der Waals surface area (Å²) in [6.45, 7) is 1.21. The van der Waals surface area contributed by atoms with E-state index in [1.807, 2.05) is 24.3 Å². The van der Waals surface area contributed by atoms with Crippen LogP contribution in [0.4, 0.5) is 0 Å². The van der Waals surface area contributed by atoms with Gasteiger partial charge in [0, 0.05) is 18.2 Å². The molecule has 29 heavy (non-hydrogen) atoms. The van der Waals surface area contributed by atoms with Gasteiger partial charge in [-0.2, -0.15) is 0 Å². The molecule has 0 atom stereocenters. The zero-order valence-electron chi connectivity index (χ0n) is 17.5. The molecule has 0 amide bonds. The Hall–Kier alpha value is -2.21. The zero-order valence-corrected chi connectivity index (χ0v) is 18.3. The Morgan fingerprint density at radius 3 is 2.45 bits per heavy atom. The fourth-order valence-corrected chi connectivity index (χ4v) is 4.24. The van der Waals surface area contributed by atoms with E-state index in [4.69, 9.17) is 26.1 Å². The molecule has 1 aliphatic carbocycles. The number of nitrogens with zero attached hydrogens (tertiary/aromatic N) is 1. The molecule has 0 saturated heterocycles. The molecule has 5 nitrogen and oxygen atoms in total. The fourth-order valence-electron chi connectivity index (χ4n) is 3.94. The molecule has 1 aliphatic rings. The number of nitrogens with one attached hydrogen (secondary N) is 1. The van der Waals surface area contributed by atoms with Crippen LogP contribution in [-0.2, 0) is 13.1 Å². The summed E-state index contributed by atoms with van der Waals surface area (Å²) in [6, 6.07) is 10.3. The van der Waals surface area contributed by atoms with E-state index in [0.717, 1.165) is 27.9 Å². The molecular weight excluding hydrogens is 384 g/mol. The minimum absolute atomic E-state index is 0.439. The summed E-state index contributed by atoms with van der Waals surface area (Å²) in [5.41, 5.74) is 1.03. The summed E-state index contributed by atoms with van der Waals surface area (Å²) < 4.78 is 16.7. The average molecular weight is 417 g/mol. The van der Waals surface area contributed by atoms with E-state index < -0.39 is 0 Å². The van der Waals surface area contributed by atoms with Crippen molar-refractivity contribution < 1.29 is 13.9 Å². The molecule has 2 aromatic rings. The SMILES string of the molecule is COc1cccc(CN(Cc2ccco2)C(=S)NC2CCCCCCC2)c1OC. The maximum Gasteiger partial charge on any atom is 0.169 e. The summed E-state index contributed by atoms with van der Waals surface area (Å²) in [7, 11) is 3.33. The molecule has 1 saturated carbocycles. The van der Waals surface area contributed by atoms with Crippen LogP contribution in [0.5, 0.6) is 11.5 Å². The van der Waals surface area contributed by atoms with Crippen molar-refractivity contribution in [3.8, 4) is 11.5 Å². The second-order valence-corrected chi connectivity index (χ2v) is 7.97. The Morgan fingerprint density at radius 2 is 1.79 bits per heavy atom. The van der Waals surface area contributed by atoms with E-state index in [1.165, 1.54) is 44.9 Å². The molecule has 1 aromatic heterocycles. The lowest BCUT2D eigenvalue weighted by molar-refractivity contribution is 0.321. The van der Waals surface area contributed by atoms with Crippen LogP contribution in [0, 0.1) is 0 Å². The van der Waals surface area contributed by atoms with Gasteiger partial charge < -0.3 is 24.1 Å². The van der Waals surface area contributed by atoms with Crippen LogP contribution < -0.4 is 14.8 Å². The average Bonchev–Trinajstić information content (AvgIpc) is 3.22. The number of ether oxygens (including phenoxy) is 2. The van der Waals surface area contributed by atoms with Crippen molar-refractivity contribution in [2.75, 3.05) is 14.2 Å². The quantitative estimate of drug-likeness (QED) is 0.619. The fraction of sp³-hybridized carbons (Fsp3) is 0.522. The number of hydrogen-bond donors (Lipinski definition) is 1. The number of hydrogen-bond acceptors (Lipinski definition) is 4. The van der Waals surface area contributed by atoms with Crippen molar-refractivity contribution in [3.05, 3.63) is 47.9 Å². The standard InChI is InChI=1S/C23H32N2O3S/c1-26-21-14-8-10-18(22(21)27-2)16-25(17-20-13-9-15-28-20)23(29)24-19-11-6-4-3-5-7-12-19/h8-10,13-15,19H,3-7,11-12,16-17H2,1-2H3,(H,24,29). The van der Waals surface area contributed by atoms with Crippen molar-refractivity contribution in [3.63, 3.8) is 0 Å². The topological polar surface area (TPSA) is 46.9 Å². The summed E-state index contributed by atoms with van der Waals surface area (Å²) in [5.74, 6) is 2.35. The van der Waals surface area contributed by atoms with Crippen molar-refractivity contribution in [2.45, 2.75) is 64.1 Å². The highest BCUT2D eigenvalue weighted by molar-refractivity contribution is 7.80. The van der Waals surface area contributed by atoms with E-state index in [1.54, 1.807) is 20.5 Å². The number of furan rings is 1. The van der Waals surface area contributed by atoms with Crippen LogP contribution in [0.1, 0.15) is 56.3 Å². The third kappa shape index (κ3) is 6.13. The van der Waals surface area contributed by atoms with Gasteiger partial charge in [0.05, 0.1) is 27.0 Å². The Kier molecular flexibility index (Phi) is 8.23.